The van der Waals surface area contributed by atoms with Gasteiger partial charge in [0.1, 0.15) is 12.7 Å². The van der Waals surface area contributed by atoms with Gasteiger partial charge in [0.05, 0.1) is 0 Å². The number of rotatable bonds is 16. The van der Waals surface area contributed by atoms with Gasteiger partial charge < -0.3 is 24.8 Å². The molecular weight excluding hydrogens is 388 g/mol. The van der Waals surface area contributed by atoms with Crippen molar-refractivity contribution >= 4 is 11.9 Å². The van der Waals surface area contributed by atoms with Crippen molar-refractivity contribution < 1.29 is 34.4 Å². The second-order valence-corrected chi connectivity index (χ2v) is 7.44. The van der Waals surface area contributed by atoms with Crippen LogP contribution in [0.1, 0.15) is 77.6 Å². The van der Waals surface area contributed by atoms with E-state index in [-0.39, 0.29) is 6.42 Å². The van der Waals surface area contributed by atoms with Gasteiger partial charge in [-0.25, -0.2) is 4.79 Å². The van der Waals surface area contributed by atoms with Crippen molar-refractivity contribution in [2.45, 2.75) is 89.8 Å². The van der Waals surface area contributed by atoms with Gasteiger partial charge in [0, 0.05) is 6.42 Å². The Kier molecular flexibility index (Phi) is 13.3. The van der Waals surface area contributed by atoms with Crippen molar-refractivity contribution in [1.82, 2.24) is 0 Å². The number of ether oxygens (including phenoxy) is 2. The molecule has 170 valence electrons. The first kappa shape index (κ1) is 25.8. The van der Waals surface area contributed by atoms with Crippen LogP contribution in [-0.2, 0) is 19.1 Å². The molecule has 0 saturated carbocycles. The number of carbonyl (C=O) groups excluding carboxylic acids is 2. The Labute approximate surface area is 179 Å². The third-order valence-corrected chi connectivity index (χ3v) is 4.79. The summed E-state index contributed by atoms with van der Waals surface area (Å²) in [6.45, 7) is 1.77. The third-order valence-electron chi connectivity index (χ3n) is 4.79. The van der Waals surface area contributed by atoms with Crippen LogP contribution in [0, 0.1) is 0 Å². The van der Waals surface area contributed by atoms with Gasteiger partial charge in [0.25, 0.3) is 0 Å². The lowest BCUT2D eigenvalue weighted by molar-refractivity contribution is -0.154. The smallest absolute Gasteiger partial charge is 0.377 e. The van der Waals surface area contributed by atoms with Crippen LogP contribution in [0.3, 0.4) is 0 Å². The van der Waals surface area contributed by atoms with Crippen LogP contribution < -0.4 is 0 Å². The molecule has 0 aromatic carbocycles. The standard InChI is InChI=1S/C23H36O7/c1-2-3-4-5-6-7-8-9-10-11-12-13-14-15-16-19(25)29-17-18(24)22-20(26)21(27)23(28)30-22/h5-6,8-9,18,22,24,26-27H,2-4,7,10-17H2,1H3/b6-5-,9-8-. The fourth-order valence-corrected chi connectivity index (χ4v) is 2.96. The molecule has 0 aromatic rings. The Bertz CT molecular complexity index is 607. The number of hydrogen-bond donors (Lipinski definition) is 3. The van der Waals surface area contributed by atoms with E-state index in [0.29, 0.717) is 6.42 Å². The fraction of sp³-hybridized carbons (Fsp3) is 0.652. The Morgan fingerprint density at radius 3 is 2.30 bits per heavy atom. The number of esters is 2. The van der Waals surface area contributed by atoms with Gasteiger partial charge in [0.2, 0.25) is 5.76 Å². The summed E-state index contributed by atoms with van der Waals surface area (Å²) >= 11 is 0. The molecule has 0 spiro atoms. The van der Waals surface area contributed by atoms with Gasteiger partial charge >= 0.3 is 11.9 Å². The second kappa shape index (κ2) is 15.5. The largest absolute Gasteiger partial charge is 0.505 e. The second-order valence-electron chi connectivity index (χ2n) is 7.44. The zero-order chi connectivity index (χ0) is 22.2. The van der Waals surface area contributed by atoms with Gasteiger partial charge in [-0.1, -0.05) is 63.3 Å². The van der Waals surface area contributed by atoms with Gasteiger partial charge in [-0.05, 0) is 32.1 Å². The number of hydrogen-bond acceptors (Lipinski definition) is 7. The summed E-state index contributed by atoms with van der Waals surface area (Å²) in [5, 5.41) is 28.5. The summed E-state index contributed by atoms with van der Waals surface area (Å²) in [5.74, 6) is -3.25. The normalized spacial score (nSPS) is 17.8. The van der Waals surface area contributed by atoms with Crippen molar-refractivity contribution in [2.24, 2.45) is 0 Å². The minimum absolute atomic E-state index is 0.245. The van der Waals surface area contributed by atoms with E-state index in [9.17, 15) is 24.9 Å². The summed E-state index contributed by atoms with van der Waals surface area (Å²) in [7, 11) is 0. The summed E-state index contributed by atoms with van der Waals surface area (Å²) in [6.07, 6.45) is 17.0. The summed E-state index contributed by atoms with van der Waals surface area (Å²) in [6, 6.07) is 0. The zero-order valence-corrected chi connectivity index (χ0v) is 17.9. The van der Waals surface area contributed by atoms with E-state index in [0.717, 1.165) is 38.5 Å². The summed E-state index contributed by atoms with van der Waals surface area (Å²) in [4.78, 5) is 22.8. The first-order valence-corrected chi connectivity index (χ1v) is 10.9. The molecule has 3 N–H and O–H groups in total. The topological polar surface area (TPSA) is 113 Å². The maximum Gasteiger partial charge on any atom is 0.377 e. The first-order chi connectivity index (χ1) is 14.5. The average molecular weight is 425 g/mol. The molecule has 1 rings (SSSR count). The van der Waals surface area contributed by atoms with E-state index in [4.69, 9.17) is 4.74 Å². The lowest BCUT2D eigenvalue weighted by atomic mass is 10.1. The van der Waals surface area contributed by atoms with Crippen LogP contribution in [-0.4, -0.2) is 46.1 Å². The predicted molar refractivity (Wildman–Crippen MR) is 114 cm³/mol. The maximum absolute atomic E-state index is 11.7. The minimum atomic E-state index is -1.43. The lowest BCUT2D eigenvalue weighted by Gasteiger charge is -2.17. The Morgan fingerprint density at radius 1 is 1.03 bits per heavy atom. The quantitative estimate of drug-likeness (QED) is 0.189. The molecule has 7 heteroatoms. The van der Waals surface area contributed by atoms with E-state index in [1.165, 1.54) is 19.3 Å². The highest BCUT2D eigenvalue weighted by atomic mass is 16.6. The van der Waals surface area contributed by atoms with Crippen LogP contribution in [0.25, 0.3) is 0 Å². The highest BCUT2D eigenvalue weighted by molar-refractivity contribution is 5.89. The highest BCUT2D eigenvalue weighted by Gasteiger charge is 2.39. The van der Waals surface area contributed by atoms with Gasteiger partial charge in [-0.2, -0.15) is 0 Å². The Morgan fingerprint density at radius 2 is 1.67 bits per heavy atom. The molecule has 0 amide bonds. The number of aliphatic hydroxyl groups is 3. The molecule has 2 unspecified atom stereocenters. The number of unbranched alkanes of at least 4 members (excludes halogenated alkanes) is 7. The van der Waals surface area contributed by atoms with Crippen LogP contribution in [0.15, 0.2) is 35.8 Å². The van der Waals surface area contributed by atoms with Crippen LogP contribution in [0.4, 0.5) is 0 Å². The van der Waals surface area contributed by atoms with E-state index in [1.54, 1.807) is 0 Å². The van der Waals surface area contributed by atoms with Crippen molar-refractivity contribution in [3.05, 3.63) is 35.8 Å². The maximum atomic E-state index is 11.7. The zero-order valence-electron chi connectivity index (χ0n) is 17.9. The molecule has 30 heavy (non-hydrogen) atoms. The fourth-order valence-electron chi connectivity index (χ4n) is 2.96. The van der Waals surface area contributed by atoms with Crippen molar-refractivity contribution in [3.8, 4) is 0 Å². The molecule has 1 aliphatic heterocycles. The Hall–Kier alpha value is -2.28. The molecule has 2 atom stereocenters. The highest BCUT2D eigenvalue weighted by Crippen LogP contribution is 2.21. The molecule has 0 bridgehead atoms. The van der Waals surface area contributed by atoms with Crippen molar-refractivity contribution in [3.63, 3.8) is 0 Å². The number of carbonyl (C=O) groups is 2. The van der Waals surface area contributed by atoms with Crippen LogP contribution in [0.5, 0.6) is 0 Å². The van der Waals surface area contributed by atoms with E-state index < -0.39 is 42.3 Å². The molecule has 0 saturated heterocycles. The summed E-state index contributed by atoms with van der Waals surface area (Å²) < 4.78 is 9.54. The molecule has 0 aromatic heterocycles. The molecule has 7 nitrogen and oxygen atoms in total. The molecule has 0 radical (unpaired) electrons. The lowest BCUT2D eigenvalue weighted by Crippen LogP contribution is -2.33. The first-order valence-electron chi connectivity index (χ1n) is 10.9. The molecule has 1 heterocycles. The van der Waals surface area contributed by atoms with E-state index >= 15 is 0 Å². The third kappa shape index (κ3) is 10.5. The Balaban J connectivity index is 1.97. The molecular formula is C23H36O7. The monoisotopic (exact) mass is 424 g/mol. The van der Waals surface area contributed by atoms with Crippen LogP contribution in [0.2, 0.25) is 0 Å². The van der Waals surface area contributed by atoms with Crippen molar-refractivity contribution in [2.75, 3.05) is 6.61 Å². The van der Waals surface area contributed by atoms with Crippen LogP contribution >= 0.6 is 0 Å². The number of cyclic esters (lactones) is 1. The van der Waals surface area contributed by atoms with E-state index in [1.807, 2.05) is 0 Å². The molecule has 0 fully saturated rings. The molecule has 0 aliphatic carbocycles. The average Bonchev–Trinajstić information content (AvgIpc) is 2.99. The minimum Gasteiger partial charge on any atom is -0.505 e. The molecule has 1 aliphatic rings. The number of aliphatic hydroxyl groups excluding tert-OH is 3. The SMILES string of the molecule is CCCC/C=C\C/C=C\CCCCCCCC(=O)OCC(O)C1OC(=O)C(O)=C1O. The predicted octanol–water partition coefficient (Wildman–Crippen LogP) is 4.57. The van der Waals surface area contributed by atoms with Gasteiger partial charge in [-0.15, -0.1) is 0 Å². The summed E-state index contributed by atoms with van der Waals surface area (Å²) in [5.41, 5.74) is 0. The van der Waals surface area contributed by atoms with Gasteiger partial charge in [-0.3, -0.25) is 4.79 Å². The number of allylic oxidation sites excluding steroid dienone is 4. The van der Waals surface area contributed by atoms with E-state index in [2.05, 4.69) is 36.0 Å². The van der Waals surface area contributed by atoms with Crippen molar-refractivity contribution in [1.29, 1.82) is 0 Å². The van der Waals surface area contributed by atoms with Gasteiger partial charge in [0.15, 0.2) is 11.9 Å².